The molecule has 7 heteroatoms. The zero-order valence-electron chi connectivity index (χ0n) is 14.6. The maximum Gasteiger partial charge on any atom is 0.243 e. The minimum atomic E-state index is -3.45. The Labute approximate surface area is 168 Å². The van der Waals surface area contributed by atoms with Gasteiger partial charge in [-0.3, -0.25) is 0 Å². The average molecular weight is 419 g/mol. The summed E-state index contributed by atoms with van der Waals surface area (Å²) in [7, 11) is -3.45. The van der Waals surface area contributed by atoms with E-state index in [0.717, 1.165) is 41.1 Å². The zero-order valence-corrected chi connectivity index (χ0v) is 17.0. The molecule has 140 valence electrons. The highest BCUT2D eigenvalue weighted by molar-refractivity contribution is 7.89. The highest BCUT2D eigenvalue weighted by atomic mass is 35.5. The second kappa shape index (κ2) is 7.72. The molecule has 3 aromatic rings. The summed E-state index contributed by atoms with van der Waals surface area (Å²) in [6.45, 7) is 1.20. The van der Waals surface area contributed by atoms with Gasteiger partial charge in [-0.15, -0.1) is 11.3 Å². The molecule has 0 spiro atoms. The van der Waals surface area contributed by atoms with Gasteiger partial charge < -0.3 is 0 Å². The average Bonchev–Trinajstić information content (AvgIpc) is 3.20. The number of thiazole rings is 1. The van der Waals surface area contributed by atoms with Crippen LogP contribution in [0.4, 0.5) is 0 Å². The molecule has 0 atom stereocenters. The first-order chi connectivity index (χ1) is 13.0. The molecule has 4 rings (SSSR count). The van der Waals surface area contributed by atoms with Crippen molar-refractivity contribution in [1.29, 1.82) is 0 Å². The van der Waals surface area contributed by atoms with Crippen LogP contribution >= 0.6 is 22.9 Å². The Hall–Kier alpha value is -1.73. The Morgan fingerprint density at radius 3 is 2.44 bits per heavy atom. The van der Waals surface area contributed by atoms with Crippen molar-refractivity contribution < 1.29 is 8.42 Å². The van der Waals surface area contributed by atoms with Crippen LogP contribution in [0.25, 0.3) is 21.8 Å². The minimum absolute atomic E-state index is 0.336. The lowest BCUT2D eigenvalue weighted by Crippen LogP contribution is -2.35. The predicted molar refractivity (Wildman–Crippen MR) is 111 cm³/mol. The molecule has 2 heterocycles. The van der Waals surface area contributed by atoms with Gasteiger partial charge in [0.15, 0.2) is 0 Å². The van der Waals surface area contributed by atoms with E-state index in [9.17, 15) is 8.42 Å². The van der Waals surface area contributed by atoms with Gasteiger partial charge in [0.2, 0.25) is 10.0 Å². The third-order valence-electron chi connectivity index (χ3n) is 4.68. The van der Waals surface area contributed by atoms with Crippen molar-refractivity contribution >= 4 is 33.0 Å². The molecule has 1 aliphatic heterocycles. The molecular weight excluding hydrogens is 400 g/mol. The summed E-state index contributed by atoms with van der Waals surface area (Å²) in [6.07, 6.45) is 2.95. The Balaban J connectivity index is 1.64. The molecule has 0 unspecified atom stereocenters. The van der Waals surface area contributed by atoms with Crippen LogP contribution in [0.5, 0.6) is 0 Å². The van der Waals surface area contributed by atoms with E-state index >= 15 is 0 Å². The molecule has 0 radical (unpaired) electrons. The number of halogens is 1. The van der Waals surface area contributed by atoms with E-state index in [0.29, 0.717) is 23.0 Å². The molecule has 1 aromatic heterocycles. The van der Waals surface area contributed by atoms with Crippen molar-refractivity contribution in [2.24, 2.45) is 0 Å². The summed E-state index contributed by atoms with van der Waals surface area (Å²) in [5.41, 5.74) is 2.58. The Kier molecular flexibility index (Phi) is 5.32. The number of aromatic nitrogens is 1. The van der Waals surface area contributed by atoms with E-state index in [-0.39, 0.29) is 0 Å². The number of hydrogen-bond donors (Lipinski definition) is 0. The van der Waals surface area contributed by atoms with Gasteiger partial charge in [-0.2, -0.15) is 4.31 Å². The van der Waals surface area contributed by atoms with Crippen molar-refractivity contribution in [3.63, 3.8) is 0 Å². The molecule has 0 aliphatic carbocycles. The summed E-state index contributed by atoms with van der Waals surface area (Å²) >= 11 is 7.48. The summed E-state index contributed by atoms with van der Waals surface area (Å²) < 4.78 is 27.4. The second-order valence-corrected chi connectivity index (χ2v) is 9.77. The van der Waals surface area contributed by atoms with Gasteiger partial charge in [-0.25, -0.2) is 13.4 Å². The molecule has 1 aliphatic rings. The number of nitrogens with zero attached hydrogens (tertiary/aromatic N) is 2. The minimum Gasteiger partial charge on any atom is -0.236 e. The lowest BCUT2D eigenvalue weighted by atomic mass is 10.2. The van der Waals surface area contributed by atoms with Crippen LogP contribution in [0.1, 0.15) is 19.3 Å². The molecule has 4 nitrogen and oxygen atoms in total. The summed E-state index contributed by atoms with van der Waals surface area (Å²) in [5.74, 6) is 0. The van der Waals surface area contributed by atoms with Gasteiger partial charge in [0, 0.05) is 34.6 Å². The second-order valence-electron chi connectivity index (χ2n) is 6.54. The van der Waals surface area contributed by atoms with Crippen LogP contribution in [0.3, 0.4) is 0 Å². The Bertz CT molecular complexity index is 1040. The first kappa shape index (κ1) is 18.6. The van der Waals surface area contributed by atoms with Gasteiger partial charge in [0.1, 0.15) is 5.01 Å². The molecule has 2 aromatic carbocycles. The van der Waals surface area contributed by atoms with E-state index in [1.807, 2.05) is 35.7 Å². The van der Waals surface area contributed by atoms with Gasteiger partial charge in [0.25, 0.3) is 0 Å². The third-order valence-corrected chi connectivity index (χ3v) is 7.72. The fraction of sp³-hybridized carbons (Fsp3) is 0.250. The Morgan fingerprint density at radius 1 is 0.963 bits per heavy atom. The standard InChI is InChI=1S/C20H19ClN2O2S2/c21-17-9-7-15(8-10-17)20-22-19(14-26-20)16-5-4-6-18(13-16)27(24,25)23-11-2-1-3-12-23/h4-10,13-14H,1-3,11-12H2. The quantitative estimate of drug-likeness (QED) is 0.577. The van der Waals surface area contributed by atoms with E-state index in [1.165, 1.54) is 11.3 Å². The normalized spacial score (nSPS) is 15.7. The number of piperidine rings is 1. The molecule has 0 N–H and O–H groups in total. The van der Waals surface area contributed by atoms with Crippen molar-refractivity contribution in [3.8, 4) is 21.8 Å². The van der Waals surface area contributed by atoms with Crippen molar-refractivity contribution in [2.75, 3.05) is 13.1 Å². The van der Waals surface area contributed by atoms with Gasteiger partial charge in [-0.1, -0.05) is 42.3 Å². The molecule has 0 saturated carbocycles. The van der Waals surface area contributed by atoms with Crippen molar-refractivity contribution in [3.05, 3.63) is 58.9 Å². The third kappa shape index (κ3) is 3.94. The van der Waals surface area contributed by atoms with E-state index in [2.05, 4.69) is 4.98 Å². The van der Waals surface area contributed by atoms with Crippen LogP contribution < -0.4 is 0 Å². The fourth-order valence-electron chi connectivity index (χ4n) is 3.20. The van der Waals surface area contributed by atoms with Gasteiger partial charge >= 0.3 is 0 Å². The van der Waals surface area contributed by atoms with E-state index in [1.54, 1.807) is 22.5 Å². The maximum absolute atomic E-state index is 12.9. The number of rotatable bonds is 4. The predicted octanol–water partition coefficient (Wildman–Crippen LogP) is 5.31. The number of sulfonamides is 1. The SMILES string of the molecule is O=S(=O)(c1cccc(-c2csc(-c3ccc(Cl)cc3)n2)c1)N1CCCCC1. The molecule has 0 amide bonds. The fourth-order valence-corrected chi connectivity index (χ4v) is 5.73. The Morgan fingerprint density at radius 2 is 1.70 bits per heavy atom. The van der Waals surface area contributed by atoms with Crippen molar-refractivity contribution in [2.45, 2.75) is 24.2 Å². The molecule has 1 saturated heterocycles. The number of benzene rings is 2. The molecule has 1 fully saturated rings. The van der Waals surface area contributed by atoms with Crippen LogP contribution in [-0.4, -0.2) is 30.8 Å². The van der Waals surface area contributed by atoms with E-state index < -0.39 is 10.0 Å². The lowest BCUT2D eigenvalue weighted by Gasteiger charge is -2.26. The van der Waals surface area contributed by atoms with Gasteiger partial charge in [-0.05, 0) is 37.1 Å². The maximum atomic E-state index is 12.9. The first-order valence-corrected chi connectivity index (χ1v) is 11.6. The highest BCUT2D eigenvalue weighted by Crippen LogP contribution is 2.31. The monoisotopic (exact) mass is 418 g/mol. The summed E-state index contributed by atoms with van der Waals surface area (Å²) in [4.78, 5) is 5.02. The molecule has 0 bridgehead atoms. The highest BCUT2D eigenvalue weighted by Gasteiger charge is 2.26. The van der Waals surface area contributed by atoms with Crippen LogP contribution in [0.2, 0.25) is 5.02 Å². The largest absolute Gasteiger partial charge is 0.243 e. The first-order valence-electron chi connectivity index (χ1n) is 8.86. The number of hydrogen-bond acceptors (Lipinski definition) is 4. The van der Waals surface area contributed by atoms with E-state index in [4.69, 9.17) is 11.6 Å². The smallest absolute Gasteiger partial charge is 0.236 e. The van der Waals surface area contributed by atoms with Gasteiger partial charge in [0.05, 0.1) is 10.6 Å². The van der Waals surface area contributed by atoms with Crippen LogP contribution in [0.15, 0.2) is 58.8 Å². The van der Waals surface area contributed by atoms with Crippen molar-refractivity contribution in [1.82, 2.24) is 9.29 Å². The molecule has 27 heavy (non-hydrogen) atoms. The lowest BCUT2D eigenvalue weighted by molar-refractivity contribution is 0.346. The summed E-state index contributed by atoms with van der Waals surface area (Å²) in [6, 6.07) is 14.6. The molecular formula is C20H19ClN2O2S2. The van der Waals surface area contributed by atoms with Crippen LogP contribution in [0, 0.1) is 0 Å². The van der Waals surface area contributed by atoms with Crippen LogP contribution in [-0.2, 0) is 10.0 Å². The zero-order chi connectivity index (χ0) is 18.9. The topological polar surface area (TPSA) is 50.3 Å². The summed E-state index contributed by atoms with van der Waals surface area (Å²) in [5, 5.41) is 3.52.